The summed E-state index contributed by atoms with van der Waals surface area (Å²) in [4.78, 5) is 17.6. The first-order chi connectivity index (χ1) is 23.8. The van der Waals surface area contributed by atoms with Crippen molar-refractivity contribution in [3.8, 4) is 45.3 Å². The minimum atomic E-state index is 0.600. The average Bonchev–Trinajstić information content (AvgIpc) is 3.54. The first kappa shape index (κ1) is 26.6. The van der Waals surface area contributed by atoms with Gasteiger partial charge < -0.3 is 9.32 Å². The highest BCUT2D eigenvalue weighted by molar-refractivity contribution is 6.14. The van der Waals surface area contributed by atoms with Gasteiger partial charge in [-0.15, -0.1) is 0 Å². The summed E-state index contributed by atoms with van der Waals surface area (Å²) in [6.07, 6.45) is 0. The summed E-state index contributed by atoms with van der Waals surface area (Å²) in [6, 6.07) is 54.5. The maximum atomic E-state index is 6.23. The highest BCUT2D eigenvalue weighted by Crippen LogP contribution is 2.51. The van der Waals surface area contributed by atoms with Crippen LogP contribution >= 0.6 is 0 Å². The molecule has 5 heteroatoms. The largest absolute Gasteiger partial charge is 0.456 e. The van der Waals surface area contributed by atoms with E-state index in [0.29, 0.717) is 17.5 Å². The molecule has 3 heterocycles. The number of fused-ring (bicyclic) bond motifs is 5. The van der Waals surface area contributed by atoms with E-state index in [1.54, 1.807) is 0 Å². The molecule has 0 radical (unpaired) electrons. The van der Waals surface area contributed by atoms with Gasteiger partial charge in [-0.2, -0.15) is 0 Å². The summed E-state index contributed by atoms with van der Waals surface area (Å²) in [5.41, 5.74) is 10.2. The molecule has 9 aromatic rings. The molecule has 48 heavy (non-hydrogen) atoms. The van der Waals surface area contributed by atoms with Gasteiger partial charge in [0, 0.05) is 44.1 Å². The van der Waals surface area contributed by atoms with Crippen molar-refractivity contribution in [2.24, 2.45) is 0 Å². The molecule has 5 nitrogen and oxygen atoms in total. The van der Waals surface area contributed by atoms with E-state index in [1.165, 1.54) is 21.9 Å². The van der Waals surface area contributed by atoms with Crippen molar-refractivity contribution in [1.82, 2.24) is 15.0 Å². The van der Waals surface area contributed by atoms with Crippen molar-refractivity contribution in [2.45, 2.75) is 0 Å². The molecule has 0 saturated heterocycles. The van der Waals surface area contributed by atoms with Gasteiger partial charge in [0.15, 0.2) is 17.5 Å². The van der Waals surface area contributed by atoms with Crippen LogP contribution in [0.1, 0.15) is 0 Å². The quantitative estimate of drug-likeness (QED) is 0.197. The van der Waals surface area contributed by atoms with Crippen molar-refractivity contribution < 1.29 is 4.42 Å². The van der Waals surface area contributed by atoms with E-state index in [9.17, 15) is 0 Å². The van der Waals surface area contributed by atoms with Gasteiger partial charge in [-0.1, -0.05) is 121 Å². The predicted octanol–water partition coefficient (Wildman–Crippen LogP) is 11.4. The number of hydrogen-bond acceptors (Lipinski definition) is 5. The lowest BCUT2D eigenvalue weighted by Crippen LogP contribution is -2.15. The topological polar surface area (TPSA) is 55.1 Å². The van der Waals surface area contributed by atoms with Gasteiger partial charge in [-0.3, -0.25) is 0 Å². The minimum absolute atomic E-state index is 0.600. The van der Waals surface area contributed by atoms with E-state index in [-0.39, 0.29) is 0 Å². The van der Waals surface area contributed by atoms with Crippen LogP contribution in [-0.2, 0) is 0 Å². The van der Waals surface area contributed by atoms with Crippen molar-refractivity contribution in [3.05, 3.63) is 158 Å². The van der Waals surface area contributed by atoms with Crippen LogP contribution in [0.5, 0.6) is 0 Å². The second kappa shape index (κ2) is 10.5. The number of rotatable bonds is 4. The first-order valence-corrected chi connectivity index (χ1v) is 16.0. The summed E-state index contributed by atoms with van der Waals surface area (Å²) < 4.78 is 6.23. The molecule has 1 aliphatic rings. The normalized spacial score (nSPS) is 12.1. The average molecular weight is 615 g/mol. The van der Waals surface area contributed by atoms with Crippen LogP contribution in [0.25, 0.3) is 78.0 Å². The smallest absolute Gasteiger partial charge is 0.164 e. The highest BCUT2D eigenvalue weighted by atomic mass is 16.3. The molecule has 0 fully saturated rings. The molecular formula is C43H26N4O. The molecule has 0 atom stereocenters. The Balaban J connectivity index is 1.19. The predicted molar refractivity (Wildman–Crippen MR) is 195 cm³/mol. The van der Waals surface area contributed by atoms with E-state index in [1.807, 2.05) is 60.7 Å². The van der Waals surface area contributed by atoms with Crippen LogP contribution in [0.2, 0.25) is 0 Å². The van der Waals surface area contributed by atoms with Gasteiger partial charge in [-0.25, -0.2) is 15.0 Å². The molecule has 0 N–H and O–H groups in total. The van der Waals surface area contributed by atoms with Crippen LogP contribution in [-0.4, -0.2) is 15.0 Å². The van der Waals surface area contributed by atoms with Gasteiger partial charge in [0.1, 0.15) is 11.2 Å². The zero-order valence-corrected chi connectivity index (χ0v) is 25.7. The Morgan fingerprint density at radius 3 is 1.96 bits per heavy atom. The minimum Gasteiger partial charge on any atom is -0.456 e. The maximum Gasteiger partial charge on any atom is 0.164 e. The lowest BCUT2D eigenvalue weighted by atomic mass is 9.91. The fourth-order valence-electron chi connectivity index (χ4n) is 7.12. The molecule has 0 aliphatic carbocycles. The molecule has 0 bridgehead atoms. The van der Waals surface area contributed by atoms with Crippen molar-refractivity contribution >= 4 is 49.8 Å². The number of para-hydroxylation sites is 2. The number of benzene rings is 7. The number of hydrogen-bond donors (Lipinski definition) is 0. The summed E-state index contributed by atoms with van der Waals surface area (Å²) in [5.74, 6) is 1.82. The highest BCUT2D eigenvalue weighted by Gasteiger charge is 2.26. The third kappa shape index (κ3) is 4.08. The molecule has 1 aliphatic heterocycles. The number of aromatic nitrogens is 3. The van der Waals surface area contributed by atoms with E-state index in [4.69, 9.17) is 19.4 Å². The van der Waals surface area contributed by atoms with Gasteiger partial charge >= 0.3 is 0 Å². The number of nitrogens with zero attached hydrogens (tertiary/aromatic N) is 4. The van der Waals surface area contributed by atoms with Gasteiger partial charge in [0.25, 0.3) is 0 Å². The Kier molecular flexibility index (Phi) is 5.81. The summed E-state index contributed by atoms with van der Waals surface area (Å²) in [7, 11) is 0. The molecule has 0 spiro atoms. The van der Waals surface area contributed by atoms with Crippen molar-refractivity contribution in [3.63, 3.8) is 0 Å². The lowest BCUT2D eigenvalue weighted by Gasteiger charge is -2.33. The van der Waals surface area contributed by atoms with Crippen LogP contribution in [0.15, 0.2) is 162 Å². The standard InChI is InChI=1S/C43H26N4O/c1-2-12-28(13-3-1)41-44-42(46-43(45-41)34-21-11-25-38-40(34)33-19-5-7-24-37(33)48-38)29-16-8-17-30(26-29)47-35-22-6-4-18-31(35)32-20-9-14-27-15-10-23-36(47)39(27)32/h1-26H. The Hall–Kier alpha value is -6.59. The number of anilines is 3. The lowest BCUT2D eigenvalue weighted by molar-refractivity contribution is 0.669. The fraction of sp³-hybridized carbons (Fsp3) is 0. The van der Waals surface area contributed by atoms with Crippen LogP contribution in [0.3, 0.4) is 0 Å². The number of furan rings is 1. The van der Waals surface area contributed by atoms with E-state index >= 15 is 0 Å². The maximum absolute atomic E-state index is 6.23. The summed E-state index contributed by atoms with van der Waals surface area (Å²) in [5, 5.41) is 4.50. The van der Waals surface area contributed by atoms with E-state index < -0.39 is 0 Å². The molecule has 0 amide bonds. The van der Waals surface area contributed by atoms with E-state index in [0.717, 1.165) is 55.7 Å². The summed E-state index contributed by atoms with van der Waals surface area (Å²) >= 11 is 0. The fourth-order valence-corrected chi connectivity index (χ4v) is 7.12. The van der Waals surface area contributed by atoms with Gasteiger partial charge in [-0.05, 0) is 47.3 Å². The van der Waals surface area contributed by atoms with Gasteiger partial charge in [0.2, 0.25) is 0 Å². The Bertz CT molecular complexity index is 2690. The van der Waals surface area contributed by atoms with E-state index in [2.05, 4.69) is 102 Å². The molecular weight excluding hydrogens is 589 g/mol. The zero-order chi connectivity index (χ0) is 31.6. The monoisotopic (exact) mass is 614 g/mol. The molecule has 10 rings (SSSR count). The van der Waals surface area contributed by atoms with Crippen molar-refractivity contribution in [1.29, 1.82) is 0 Å². The summed E-state index contributed by atoms with van der Waals surface area (Å²) in [6.45, 7) is 0. The first-order valence-electron chi connectivity index (χ1n) is 16.0. The molecule has 0 saturated carbocycles. The molecule has 224 valence electrons. The Labute approximate surface area is 276 Å². The van der Waals surface area contributed by atoms with Crippen LogP contribution < -0.4 is 4.90 Å². The van der Waals surface area contributed by atoms with Crippen LogP contribution in [0.4, 0.5) is 17.1 Å². The van der Waals surface area contributed by atoms with Gasteiger partial charge in [0.05, 0.1) is 11.4 Å². The third-order valence-corrected chi connectivity index (χ3v) is 9.23. The zero-order valence-electron chi connectivity index (χ0n) is 25.7. The second-order valence-corrected chi connectivity index (χ2v) is 12.0. The SMILES string of the molecule is c1ccc(-c2nc(-c3cccc(N4c5ccccc5-c5cccc6cccc4c56)c3)nc(-c3cccc4oc5ccccc5c34)n2)cc1. The second-order valence-electron chi connectivity index (χ2n) is 12.0. The third-order valence-electron chi connectivity index (χ3n) is 9.23. The molecule has 7 aromatic carbocycles. The van der Waals surface area contributed by atoms with Crippen molar-refractivity contribution in [2.75, 3.05) is 4.90 Å². The van der Waals surface area contributed by atoms with Crippen LogP contribution in [0, 0.1) is 0 Å². The molecule has 0 unspecified atom stereocenters. The molecule has 2 aromatic heterocycles. The Morgan fingerprint density at radius 2 is 1.04 bits per heavy atom. The Morgan fingerprint density at radius 1 is 0.417 bits per heavy atom.